The summed E-state index contributed by atoms with van der Waals surface area (Å²) in [6, 6.07) is 2.91. The normalized spacial score (nSPS) is 15.4. The van der Waals surface area contributed by atoms with Gasteiger partial charge in [0.05, 0.1) is 22.3 Å². The highest BCUT2D eigenvalue weighted by Gasteiger charge is 2.23. The fourth-order valence-corrected chi connectivity index (χ4v) is 2.06. The summed E-state index contributed by atoms with van der Waals surface area (Å²) in [4.78, 5) is 24.8. The van der Waals surface area contributed by atoms with Gasteiger partial charge in [-0.25, -0.2) is 0 Å². The first-order chi connectivity index (χ1) is 8.49. The Morgan fingerprint density at radius 2 is 2.11 bits per heavy atom. The molecule has 1 saturated heterocycles. The zero-order chi connectivity index (χ0) is 13.3. The third-order valence-electron chi connectivity index (χ3n) is 2.63. The number of nitrogens with one attached hydrogen (secondary N) is 1. The predicted molar refractivity (Wildman–Crippen MR) is 69.8 cm³/mol. The Morgan fingerprint density at radius 1 is 1.39 bits per heavy atom. The molecule has 1 aromatic carbocycles. The van der Waals surface area contributed by atoms with Gasteiger partial charge in [0.25, 0.3) is 5.91 Å². The molecular formula is C11H11Cl2N3O2. The Labute approximate surface area is 114 Å². The molecule has 0 saturated carbocycles. The first kappa shape index (κ1) is 13.0. The molecule has 18 heavy (non-hydrogen) atoms. The second kappa shape index (κ2) is 5.04. The fourth-order valence-electron chi connectivity index (χ4n) is 1.73. The van der Waals surface area contributed by atoms with Gasteiger partial charge in [0.2, 0.25) is 5.91 Å². The number of nitrogens with zero attached hydrogens (tertiary/aromatic N) is 1. The van der Waals surface area contributed by atoms with Crippen LogP contribution in [-0.4, -0.2) is 36.3 Å². The van der Waals surface area contributed by atoms with Crippen LogP contribution in [0.15, 0.2) is 12.1 Å². The molecule has 0 aliphatic carbocycles. The molecule has 1 fully saturated rings. The average Bonchev–Trinajstić information content (AvgIpc) is 2.34. The van der Waals surface area contributed by atoms with Crippen LogP contribution in [0.1, 0.15) is 10.4 Å². The summed E-state index contributed by atoms with van der Waals surface area (Å²) in [5.41, 5.74) is 6.22. The number of anilines is 1. The topological polar surface area (TPSA) is 75.4 Å². The molecule has 1 heterocycles. The molecule has 0 atom stereocenters. The number of nitrogens with two attached hydrogens (primary N) is 1. The zero-order valence-corrected chi connectivity index (χ0v) is 10.9. The molecule has 0 unspecified atom stereocenters. The summed E-state index contributed by atoms with van der Waals surface area (Å²) in [6.07, 6.45) is 0. The van der Waals surface area contributed by atoms with E-state index in [0.717, 1.165) is 0 Å². The van der Waals surface area contributed by atoms with E-state index in [2.05, 4.69) is 5.32 Å². The van der Waals surface area contributed by atoms with E-state index in [1.165, 1.54) is 17.0 Å². The number of halogens is 2. The highest BCUT2D eigenvalue weighted by atomic mass is 35.5. The minimum atomic E-state index is -0.282. The van der Waals surface area contributed by atoms with Crippen LogP contribution < -0.4 is 11.1 Å². The quantitative estimate of drug-likeness (QED) is 0.761. The Morgan fingerprint density at radius 3 is 2.72 bits per heavy atom. The second-order valence-electron chi connectivity index (χ2n) is 3.94. The number of carbonyl (C=O) groups excluding carboxylic acids is 2. The summed E-state index contributed by atoms with van der Waals surface area (Å²) in [5.74, 6) is -0.460. The summed E-state index contributed by atoms with van der Waals surface area (Å²) < 4.78 is 0. The number of hydrogen-bond acceptors (Lipinski definition) is 3. The number of nitrogen functional groups attached to an aromatic ring is 1. The van der Waals surface area contributed by atoms with Gasteiger partial charge in [0.1, 0.15) is 0 Å². The van der Waals surface area contributed by atoms with Gasteiger partial charge in [0, 0.05) is 18.7 Å². The standard InChI is InChI=1S/C11H11Cl2N3O2/c12-7-3-6(4-8(14)10(7)13)11(18)16-2-1-15-9(17)5-16/h3-4H,1-2,5,14H2,(H,15,17). The molecule has 0 spiro atoms. The third-order valence-corrected chi connectivity index (χ3v) is 3.45. The van der Waals surface area contributed by atoms with Crippen LogP contribution >= 0.6 is 23.2 Å². The van der Waals surface area contributed by atoms with Crippen molar-refractivity contribution in [2.45, 2.75) is 0 Å². The first-order valence-electron chi connectivity index (χ1n) is 5.29. The van der Waals surface area contributed by atoms with Gasteiger partial charge in [-0.3, -0.25) is 9.59 Å². The molecular weight excluding hydrogens is 277 g/mol. The lowest BCUT2D eigenvalue weighted by atomic mass is 10.1. The molecule has 1 aliphatic rings. The Bertz CT molecular complexity index is 496. The molecule has 1 aliphatic heterocycles. The highest BCUT2D eigenvalue weighted by molar-refractivity contribution is 6.43. The molecule has 1 aromatic rings. The smallest absolute Gasteiger partial charge is 0.254 e. The zero-order valence-electron chi connectivity index (χ0n) is 9.37. The predicted octanol–water partition coefficient (Wildman–Crippen LogP) is 1.15. The minimum Gasteiger partial charge on any atom is -0.397 e. The molecule has 96 valence electrons. The fraction of sp³-hybridized carbons (Fsp3) is 0.273. The van der Waals surface area contributed by atoms with Crippen molar-refractivity contribution in [2.24, 2.45) is 0 Å². The summed E-state index contributed by atoms with van der Waals surface area (Å²) in [5, 5.41) is 3.10. The van der Waals surface area contributed by atoms with E-state index >= 15 is 0 Å². The van der Waals surface area contributed by atoms with Crippen LogP contribution in [0.4, 0.5) is 5.69 Å². The summed E-state index contributed by atoms with van der Waals surface area (Å²) in [7, 11) is 0. The van der Waals surface area contributed by atoms with Gasteiger partial charge in [-0.15, -0.1) is 0 Å². The van der Waals surface area contributed by atoms with Crippen LogP contribution in [0, 0.1) is 0 Å². The van der Waals surface area contributed by atoms with Gasteiger partial charge >= 0.3 is 0 Å². The van der Waals surface area contributed by atoms with Crippen molar-refractivity contribution in [3.8, 4) is 0 Å². The molecule has 5 nitrogen and oxygen atoms in total. The van der Waals surface area contributed by atoms with Crippen molar-refractivity contribution in [2.75, 3.05) is 25.4 Å². The Balaban J connectivity index is 2.26. The summed E-state index contributed by atoms with van der Waals surface area (Å²) in [6.45, 7) is 0.949. The number of rotatable bonds is 1. The van der Waals surface area contributed by atoms with E-state index in [1.807, 2.05) is 0 Å². The molecule has 2 amide bonds. The van der Waals surface area contributed by atoms with Crippen molar-refractivity contribution in [3.05, 3.63) is 27.7 Å². The van der Waals surface area contributed by atoms with Crippen LogP contribution in [-0.2, 0) is 4.79 Å². The van der Waals surface area contributed by atoms with Gasteiger partial charge in [0.15, 0.2) is 0 Å². The number of hydrogen-bond donors (Lipinski definition) is 2. The number of piperazine rings is 1. The Kier molecular flexibility index (Phi) is 3.63. The van der Waals surface area contributed by atoms with Crippen molar-refractivity contribution in [1.82, 2.24) is 10.2 Å². The maximum Gasteiger partial charge on any atom is 0.254 e. The van der Waals surface area contributed by atoms with Crippen molar-refractivity contribution in [1.29, 1.82) is 0 Å². The molecule has 0 bridgehead atoms. The van der Waals surface area contributed by atoms with Crippen LogP contribution in [0.2, 0.25) is 10.0 Å². The molecule has 3 N–H and O–H groups in total. The summed E-state index contributed by atoms with van der Waals surface area (Å²) >= 11 is 11.7. The van der Waals surface area contributed by atoms with E-state index in [1.54, 1.807) is 0 Å². The van der Waals surface area contributed by atoms with E-state index < -0.39 is 0 Å². The van der Waals surface area contributed by atoms with Gasteiger partial charge in [-0.1, -0.05) is 23.2 Å². The lowest BCUT2D eigenvalue weighted by molar-refractivity contribution is -0.123. The van der Waals surface area contributed by atoms with Gasteiger partial charge < -0.3 is 16.0 Å². The molecule has 7 heteroatoms. The SMILES string of the molecule is Nc1cc(C(=O)N2CCNC(=O)C2)cc(Cl)c1Cl. The van der Waals surface area contributed by atoms with E-state index in [-0.39, 0.29) is 34.1 Å². The van der Waals surface area contributed by atoms with Gasteiger partial charge in [-0.2, -0.15) is 0 Å². The lowest BCUT2D eigenvalue weighted by Crippen LogP contribution is -2.49. The molecule has 2 rings (SSSR count). The monoisotopic (exact) mass is 287 g/mol. The molecule has 0 radical (unpaired) electrons. The third kappa shape index (κ3) is 2.52. The second-order valence-corrected chi connectivity index (χ2v) is 4.72. The molecule has 0 aromatic heterocycles. The number of carbonyl (C=O) groups is 2. The van der Waals surface area contributed by atoms with Crippen LogP contribution in [0.25, 0.3) is 0 Å². The van der Waals surface area contributed by atoms with E-state index in [0.29, 0.717) is 18.7 Å². The van der Waals surface area contributed by atoms with E-state index in [9.17, 15) is 9.59 Å². The van der Waals surface area contributed by atoms with Crippen molar-refractivity contribution >= 4 is 40.7 Å². The number of amides is 2. The van der Waals surface area contributed by atoms with Gasteiger partial charge in [-0.05, 0) is 12.1 Å². The van der Waals surface area contributed by atoms with E-state index in [4.69, 9.17) is 28.9 Å². The van der Waals surface area contributed by atoms with Crippen molar-refractivity contribution in [3.63, 3.8) is 0 Å². The maximum atomic E-state index is 12.1. The first-order valence-corrected chi connectivity index (χ1v) is 6.05. The highest BCUT2D eigenvalue weighted by Crippen LogP contribution is 2.29. The minimum absolute atomic E-state index is 0.0407. The van der Waals surface area contributed by atoms with Crippen LogP contribution in [0.3, 0.4) is 0 Å². The lowest BCUT2D eigenvalue weighted by Gasteiger charge is -2.26. The Hall–Kier alpha value is -1.46. The van der Waals surface area contributed by atoms with Crippen molar-refractivity contribution < 1.29 is 9.59 Å². The van der Waals surface area contributed by atoms with Crippen LogP contribution in [0.5, 0.6) is 0 Å². The maximum absolute atomic E-state index is 12.1. The average molecular weight is 288 g/mol. The largest absolute Gasteiger partial charge is 0.397 e. The number of benzene rings is 1.